The number of aliphatic imine (C=N–C) groups is 1. The first-order valence-electron chi connectivity index (χ1n) is 6.41. The smallest absolute Gasteiger partial charge is 0.194 e. The number of hydrogen-bond acceptors (Lipinski definition) is 4. The van der Waals surface area contributed by atoms with Crippen LogP contribution in [0.3, 0.4) is 0 Å². The normalized spacial score (nSPS) is 17.1. The zero-order chi connectivity index (χ0) is 13.1. The quantitative estimate of drug-likeness (QED) is 0.829. The second kappa shape index (κ2) is 6.78. The van der Waals surface area contributed by atoms with E-state index in [9.17, 15) is 0 Å². The van der Waals surface area contributed by atoms with E-state index in [1.807, 2.05) is 19.2 Å². The Morgan fingerprint density at radius 1 is 1.30 bits per heavy atom. The van der Waals surface area contributed by atoms with Gasteiger partial charge in [-0.05, 0) is 11.6 Å². The molecule has 3 rings (SSSR count). The summed E-state index contributed by atoms with van der Waals surface area (Å²) in [5.41, 5.74) is 2.42. The number of guanidine groups is 1. The topological polar surface area (TPSA) is 40.8 Å². The number of furan rings is 1. The van der Waals surface area contributed by atoms with E-state index in [1.54, 1.807) is 12.5 Å². The van der Waals surface area contributed by atoms with Crippen LogP contribution >= 0.6 is 24.0 Å². The van der Waals surface area contributed by atoms with Crippen molar-refractivity contribution in [1.82, 2.24) is 10.2 Å². The molecule has 2 aromatic rings. The Morgan fingerprint density at radius 2 is 2.10 bits per heavy atom. The highest BCUT2D eigenvalue weighted by Crippen LogP contribution is 2.18. The van der Waals surface area contributed by atoms with Gasteiger partial charge in [0.05, 0.1) is 25.1 Å². The van der Waals surface area contributed by atoms with E-state index in [0.717, 1.165) is 24.6 Å². The molecule has 0 aliphatic carbocycles. The van der Waals surface area contributed by atoms with Gasteiger partial charge in [-0.25, -0.2) is 0 Å². The van der Waals surface area contributed by atoms with Gasteiger partial charge in [0.25, 0.3) is 0 Å². The summed E-state index contributed by atoms with van der Waals surface area (Å²) in [6.07, 6.45) is 3.46. The van der Waals surface area contributed by atoms with Gasteiger partial charge in [0.2, 0.25) is 0 Å². The standard InChI is InChI=1S/C15H17N3O.HI/c1-18(10-12-7-8-19-11-12)15-16-9-14(17-15)13-5-3-2-4-6-13;/h2-8,11,14H,9-10H2,1H3,(H,16,17);1H. The molecule has 1 aromatic heterocycles. The molecule has 1 atom stereocenters. The van der Waals surface area contributed by atoms with E-state index < -0.39 is 0 Å². The van der Waals surface area contributed by atoms with Gasteiger partial charge in [0.15, 0.2) is 5.96 Å². The Hall–Kier alpha value is -1.50. The SMILES string of the molecule is CN(Cc1ccoc1)C1=NCC(c2ccccc2)N1.I. The van der Waals surface area contributed by atoms with E-state index in [2.05, 4.69) is 39.5 Å². The van der Waals surface area contributed by atoms with Crippen LogP contribution in [0.1, 0.15) is 17.2 Å². The first-order valence-corrected chi connectivity index (χ1v) is 6.41. The van der Waals surface area contributed by atoms with Gasteiger partial charge in [-0.15, -0.1) is 24.0 Å². The fraction of sp³-hybridized carbons (Fsp3) is 0.267. The lowest BCUT2D eigenvalue weighted by Crippen LogP contribution is -2.36. The molecule has 1 aliphatic heterocycles. The van der Waals surface area contributed by atoms with Crippen molar-refractivity contribution in [2.24, 2.45) is 4.99 Å². The number of nitrogens with zero attached hydrogens (tertiary/aromatic N) is 2. The van der Waals surface area contributed by atoms with Crippen molar-refractivity contribution in [3.8, 4) is 0 Å². The average Bonchev–Trinajstić information content (AvgIpc) is 3.10. The highest BCUT2D eigenvalue weighted by atomic mass is 127. The molecule has 4 nitrogen and oxygen atoms in total. The second-order valence-electron chi connectivity index (χ2n) is 4.76. The van der Waals surface area contributed by atoms with Gasteiger partial charge >= 0.3 is 0 Å². The molecule has 1 aliphatic rings. The molecule has 1 N–H and O–H groups in total. The molecule has 5 heteroatoms. The molecule has 0 fully saturated rings. The van der Waals surface area contributed by atoms with Crippen molar-refractivity contribution in [2.75, 3.05) is 13.6 Å². The molecule has 0 saturated carbocycles. The third-order valence-corrected chi connectivity index (χ3v) is 3.29. The minimum atomic E-state index is 0. The first kappa shape index (κ1) is 14.9. The van der Waals surface area contributed by atoms with Crippen LogP contribution in [0.4, 0.5) is 0 Å². The summed E-state index contributed by atoms with van der Waals surface area (Å²) in [5, 5.41) is 3.46. The molecule has 1 aromatic carbocycles. The maximum absolute atomic E-state index is 5.08. The Labute approximate surface area is 135 Å². The molecule has 0 spiro atoms. The summed E-state index contributed by atoms with van der Waals surface area (Å²) < 4.78 is 5.08. The van der Waals surface area contributed by atoms with E-state index in [-0.39, 0.29) is 30.0 Å². The van der Waals surface area contributed by atoms with Gasteiger partial charge in [-0.2, -0.15) is 0 Å². The third-order valence-electron chi connectivity index (χ3n) is 3.29. The first-order chi connectivity index (χ1) is 9.33. The molecule has 2 heterocycles. The van der Waals surface area contributed by atoms with Gasteiger partial charge in [0.1, 0.15) is 0 Å². The van der Waals surface area contributed by atoms with E-state index in [4.69, 9.17) is 4.42 Å². The number of halogens is 1. The van der Waals surface area contributed by atoms with Crippen molar-refractivity contribution >= 4 is 29.9 Å². The summed E-state index contributed by atoms with van der Waals surface area (Å²) in [4.78, 5) is 6.68. The summed E-state index contributed by atoms with van der Waals surface area (Å²) in [6.45, 7) is 1.58. The predicted octanol–water partition coefficient (Wildman–Crippen LogP) is 3.03. The Balaban J connectivity index is 0.00000147. The summed E-state index contributed by atoms with van der Waals surface area (Å²) >= 11 is 0. The van der Waals surface area contributed by atoms with Crippen molar-refractivity contribution in [3.05, 3.63) is 60.1 Å². The lowest BCUT2D eigenvalue weighted by Gasteiger charge is -2.20. The fourth-order valence-corrected chi connectivity index (χ4v) is 2.26. The van der Waals surface area contributed by atoms with E-state index >= 15 is 0 Å². The fourth-order valence-electron chi connectivity index (χ4n) is 2.26. The van der Waals surface area contributed by atoms with Crippen molar-refractivity contribution in [3.63, 3.8) is 0 Å². The van der Waals surface area contributed by atoms with E-state index in [0.29, 0.717) is 0 Å². The van der Waals surface area contributed by atoms with Crippen LogP contribution in [0.25, 0.3) is 0 Å². The third kappa shape index (κ3) is 3.33. The highest BCUT2D eigenvalue weighted by molar-refractivity contribution is 14.0. The number of hydrogen-bond donors (Lipinski definition) is 1. The molecule has 20 heavy (non-hydrogen) atoms. The molecular formula is C15H18IN3O. The lowest BCUT2D eigenvalue weighted by atomic mass is 10.1. The zero-order valence-electron chi connectivity index (χ0n) is 11.3. The minimum Gasteiger partial charge on any atom is -0.472 e. The Bertz CT molecular complexity index is 554. The van der Waals surface area contributed by atoms with Crippen LogP contribution in [0.5, 0.6) is 0 Å². The molecule has 0 radical (unpaired) electrons. The van der Waals surface area contributed by atoms with Crippen LogP contribution in [0, 0.1) is 0 Å². The van der Waals surface area contributed by atoms with Gasteiger partial charge in [0, 0.05) is 19.2 Å². The average molecular weight is 383 g/mol. The van der Waals surface area contributed by atoms with Crippen LogP contribution in [0.2, 0.25) is 0 Å². The summed E-state index contributed by atoms with van der Waals surface area (Å²) in [6, 6.07) is 12.7. The Morgan fingerprint density at radius 3 is 2.80 bits per heavy atom. The van der Waals surface area contributed by atoms with Gasteiger partial charge in [-0.1, -0.05) is 30.3 Å². The zero-order valence-corrected chi connectivity index (χ0v) is 13.7. The molecule has 0 saturated heterocycles. The molecule has 0 amide bonds. The monoisotopic (exact) mass is 383 g/mol. The molecular weight excluding hydrogens is 365 g/mol. The Kier molecular flexibility index (Phi) is 5.05. The predicted molar refractivity (Wildman–Crippen MR) is 90.2 cm³/mol. The summed E-state index contributed by atoms with van der Waals surface area (Å²) in [5.74, 6) is 0.940. The van der Waals surface area contributed by atoms with Crippen LogP contribution in [-0.4, -0.2) is 24.5 Å². The molecule has 106 valence electrons. The second-order valence-corrected chi connectivity index (χ2v) is 4.76. The lowest BCUT2D eigenvalue weighted by molar-refractivity contribution is 0.474. The van der Waals surface area contributed by atoms with E-state index in [1.165, 1.54) is 5.56 Å². The maximum Gasteiger partial charge on any atom is 0.194 e. The molecule has 0 bridgehead atoms. The number of rotatable bonds is 3. The van der Waals surface area contributed by atoms with Gasteiger partial charge in [-0.3, -0.25) is 4.99 Å². The van der Waals surface area contributed by atoms with Crippen molar-refractivity contribution < 1.29 is 4.42 Å². The van der Waals surface area contributed by atoms with Crippen molar-refractivity contribution in [1.29, 1.82) is 0 Å². The maximum atomic E-state index is 5.08. The van der Waals surface area contributed by atoms with Gasteiger partial charge < -0.3 is 14.6 Å². The number of benzene rings is 1. The summed E-state index contributed by atoms with van der Waals surface area (Å²) in [7, 11) is 2.03. The minimum absolute atomic E-state index is 0. The molecule has 1 unspecified atom stereocenters. The highest BCUT2D eigenvalue weighted by Gasteiger charge is 2.21. The van der Waals surface area contributed by atoms with Crippen molar-refractivity contribution in [2.45, 2.75) is 12.6 Å². The van der Waals surface area contributed by atoms with Crippen LogP contribution < -0.4 is 5.32 Å². The van der Waals surface area contributed by atoms with Crippen LogP contribution in [0.15, 0.2) is 58.3 Å². The number of nitrogens with one attached hydrogen (secondary N) is 1. The largest absolute Gasteiger partial charge is 0.472 e. The van der Waals surface area contributed by atoms with Crippen LogP contribution in [-0.2, 0) is 6.54 Å².